The first-order valence-electron chi connectivity index (χ1n) is 4.16. The molecule has 0 fully saturated rings. The molecule has 0 atom stereocenters. The Balaban J connectivity index is 2.73. The number of rotatable bonds is 3. The summed E-state index contributed by atoms with van der Waals surface area (Å²) in [4.78, 5) is 0. The Bertz CT molecular complexity index is 308. The van der Waals surface area contributed by atoms with E-state index < -0.39 is 0 Å². The molecule has 0 aliphatic rings. The number of thiol groups is 1. The molecule has 13 heavy (non-hydrogen) atoms. The predicted molar refractivity (Wildman–Crippen MR) is 62.8 cm³/mol. The molecule has 1 aromatic carbocycles. The van der Waals surface area contributed by atoms with Gasteiger partial charge in [0.25, 0.3) is 0 Å². The highest BCUT2D eigenvalue weighted by Crippen LogP contribution is 2.16. The summed E-state index contributed by atoms with van der Waals surface area (Å²) in [6.45, 7) is 0. The van der Waals surface area contributed by atoms with E-state index in [1.165, 1.54) is 0 Å². The number of hydrogen-bond donors (Lipinski definition) is 3. The monoisotopic (exact) mass is 194 g/mol. The Morgan fingerprint density at radius 2 is 2.00 bits per heavy atom. The van der Waals surface area contributed by atoms with Crippen LogP contribution in [0.2, 0.25) is 0 Å². The molecule has 0 spiro atoms. The van der Waals surface area contributed by atoms with Gasteiger partial charge in [-0.2, -0.15) is 12.6 Å². The van der Waals surface area contributed by atoms with Crippen molar-refractivity contribution in [2.45, 2.75) is 6.42 Å². The van der Waals surface area contributed by atoms with Crippen molar-refractivity contribution >= 4 is 30.1 Å². The van der Waals surface area contributed by atoms with Crippen molar-refractivity contribution in [1.82, 2.24) is 0 Å². The molecule has 0 aromatic heterocycles. The maximum atomic E-state index is 5.65. The third-order valence-corrected chi connectivity index (χ3v) is 1.98. The van der Waals surface area contributed by atoms with Crippen LogP contribution in [0.4, 0.5) is 11.4 Å². The predicted octanol–water partition coefficient (Wildman–Crippen LogP) is 2.18. The van der Waals surface area contributed by atoms with E-state index in [1.54, 1.807) is 0 Å². The summed E-state index contributed by atoms with van der Waals surface area (Å²) in [7, 11) is 0. The van der Waals surface area contributed by atoms with Gasteiger partial charge in [0.05, 0.1) is 11.4 Å². The average molecular weight is 194 g/mol. The van der Waals surface area contributed by atoms with Crippen LogP contribution >= 0.6 is 12.6 Å². The fourth-order valence-corrected chi connectivity index (χ4v) is 1.14. The summed E-state index contributed by atoms with van der Waals surface area (Å²) < 4.78 is 0. The molecule has 3 heteroatoms. The fourth-order valence-electron chi connectivity index (χ4n) is 0.991. The van der Waals surface area contributed by atoms with Crippen LogP contribution in [0.15, 0.2) is 24.3 Å². The largest absolute Gasteiger partial charge is 0.397 e. The molecule has 0 saturated carbocycles. The van der Waals surface area contributed by atoms with Crippen molar-refractivity contribution < 1.29 is 0 Å². The quantitative estimate of drug-likeness (QED) is 0.510. The third-order valence-electron chi connectivity index (χ3n) is 1.72. The maximum Gasteiger partial charge on any atom is 0.0553 e. The van der Waals surface area contributed by atoms with Gasteiger partial charge in [-0.15, -0.1) is 0 Å². The Labute approximate surface area is 84.0 Å². The van der Waals surface area contributed by atoms with E-state index in [9.17, 15) is 0 Å². The second-order valence-electron chi connectivity index (χ2n) is 2.80. The number of benzene rings is 1. The van der Waals surface area contributed by atoms with Crippen molar-refractivity contribution in [3.05, 3.63) is 29.8 Å². The second-order valence-corrected chi connectivity index (χ2v) is 3.25. The number of hydrogen-bond acceptors (Lipinski definition) is 3. The van der Waals surface area contributed by atoms with Crippen molar-refractivity contribution in [3.63, 3.8) is 0 Å². The summed E-state index contributed by atoms with van der Waals surface area (Å²) in [5.41, 5.74) is 13.6. The first-order valence-corrected chi connectivity index (χ1v) is 4.79. The average Bonchev–Trinajstić information content (AvgIpc) is 2.12. The molecule has 4 N–H and O–H groups in total. The molecule has 70 valence electrons. The zero-order valence-corrected chi connectivity index (χ0v) is 8.30. The van der Waals surface area contributed by atoms with Crippen LogP contribution in [0.5, 0.6) is 0 Å². The van der Waals surface area contributed by atoms with E-state index >= 15 is 0 Å². The molecule has 1 aromatic rings. The van der Waals surface area contributed by atoms with Crippen molar-refractivity contribution in [2.75, 3.05) is 17.2 Å². The van der Waals surface area contributed by atoms with Crippen LogP contribution in [-0.2, 0) is 0 Å². The van der Waals surface area contributed by atoms with E-state index in [1.807, 2.05) is 24.3 Å². The van der Waals surface area contributed by atoms with Gasteiger partial charge in [0.1, 0.15) is 0 Å². The lowest BCUT2D eigenvalue weighted by Gasteiger charge is -2.00. The van der Waals surface area contributed by atoms with Crippen LogP contribution in [0.1, 0.15) is 12.0 Å². The minimum absolute atomic E-state index is 0.631. The van der Waals surface area contributed by atoms with E-state index in [0.29, 0.717) is 11.4 Å². The molecule has 0 amide bonds. The van der Waals surface area contributed by atoms with E-state index in [0.717, 1.165) is 17.7 Å². The lowest BCUT2D eigenvalue weighted by atomic mass is 10.1. The number of allylic oxidation sites excluding steroid dienone is 1. The normalized spacial score (nSPS) is 10.8. The Kier molecular flexibility index (Phi) is 3.71. The van der Waals surface area contributed by atoms with E-state index in [2.05, 4.69) is 18.7 Å². The molecule has 0 heterocycles. The number of nitrogen functional groups attached to an aromatic ring is 2. The van der Waals surface area contributed by atoms with Crippen LogP contribution < -0.4 is 11.5 Å². The van der Waals surface area contributed by atoms with Crippen LogP contribution in [-0.4, -0.2) is 5.75 Å². The highest BCUT2D eigenvalue weighted by Gasteiger charge is 1.93. The van der Waals surface area contributed by atoms with Crippen molar-refractivity contribution in [2.24, 2.45) is 0 Å². The molecule has 0 bridgehead atoms. The first kappa shape index (κ1) is 9.99. The molecule has 1 rings (SSSR count). The second kappa shape index (κ2) is 4.82. The standard InChI is InChI=1S/C10H14N2S/c11-9-5-4-8(7-10(9)12)3-1-2-6-13/h1,3-5,7,13H,2,6,11-12H2. The maximum absolute atomic E-state index is 5.65. The molecule has 0 aliphatic heterocycles. The van der Waals surface area contributed by atoms with Gasteiger partial charge in [0.15, 0.2) is 0 Å². The smallest absolute Gasteiger partial charge is 0.0553 e. The Hall–Kier alpha value is -1.09. The Morgan fingerprint density at radius 1 is 1.23 bits per heavy atom. The van der Waals surface area contributed by atoms with Gasteiger partial charge in [0, 0.05) is 0 Å². The molecule has 0 radical (unpaired) electrons. The van der Waals surface area contributed by atoms with Crippen LogP contribution in [0.3, 0.4) is 0 Å². The summed E-state index contributed by atoms with van der Waals surface area (Å²) in [5, 5.41) is 0. The molecular weight excluding hydrogens is 180 g/mol. The lowest BCUT2D eigenvalue weighted by Crippen LogP contribution is -1.93. The minimum atomic E-state index is 0.631. The lowest BCUT2D eigenvalue weighted by molar-refractivity contribution is 1.26. The molecule has 0 saturated heterocycles. The SMILES string of the molecule is Nc1ccc(C=CCCS)cc1N. The van der Waals surface area contributed by atoms with Crippen LogP contribution in [0, 0.1) is 0 Å². The number of anilines is 2. The van der Waals surface area contributed by atoms with E-state index in [-0.39, 0.29) is 0 Å². The zero-order valence-electron chi connectivity index (χ0n) is 7.40. The van der Waals surface area contributed by atoms with Gasteiger partial charge in [-0.25, -0.2) is 0 Å². The molecule has 0 aliphatic carbocycles. The minimum Gasteiger partial charge on any atom is -0.397 e. The van der Waals surface area contributed by atoms with Gasteiger partial charge in [-0.1, -0.05) is 18.2 Å². The van der Waals surface area contributed by atoms with Gasteiger partial charge >= 0.3 is 0 Å². The topological polar surface area (TPSA) is 52.0 Å². The highest BCUT2D eigenvalue weighted by molar-refractivity contribution is 7.80. The summed E-state index contributed by atoms with van der Waals surface area (Å²) in [5.74, 6) is 0.862. The van der Waals surface area contributed by atoms with Gasteiger partial charge in [0.2, 0.25) is 0 Å². The zero-order chi connectivity index (χ0) is 9.68. The Morgan fingerprint density at radius 3 is 2.62 bits per heavy atom. The van der Waals surface area contributed by atoms with Crippen molar-refractivity contribution in [1.29, 1.82) is 0 Å². The number of nitrogens with two attached hydrogens (primary N) is 2. The van der Waals surface area contributed by atoms with Crippen molar-refractivity contribution in [3.8, 4) is 0 Å². The van der Waals surface area contributed by atoms with Gasteiger partial charge < -0.3 is 11.5 Å². The van der Waals surface area contributed by atoms with Gasteiger partial charge in [-0.05, 0) is 29.9 Å². The fraction of sp³-hybridized carbons (Fsp3) is 0.200. The van der Waals surface area contributed by atoms with Gasteiger partial charge in [-0.3, -0.25) is 0 Å². The van der Waals surface area contributed by atoms with Crippen LogP contribution in [0.25, 0.3) is 6.08 Å². The molecular formula is C10H14N2S. The summed E-state index contributed by atoms with van der Waals surface area (Å²) >= 11 is 4.11. The first-order chi connectivity index (χ1) is 6.24. The third kappa shape index (κ3) is 3.03. The van der Waals surface area contributed by atoms with E-state index in [4.69, 9.17) is 11.5 Å². The summed E-state index contributed by atoms with van der Waals surface area (Å²) in [6, 6.07) is 5.63. The molecule has 2 nitrogen and oxygen atoms in total. The molecule has 0 unspecified atom stereocenters. The summed E-state index contributed by atoms with van der Waals surface area (Å²) in [6.07, 6.45) is 5.05. The highest BCUT2D eigenvalue weighted by atomic mass is 32.1.